The molecule has 1 unspecified atom stereocenters. The minimum absolute atomic E-state index is 0.187. The molecule has 4 heteroatoms. The standard InChI is InChI=1S/C15H23NO3/c1-11(16(2)13-6-8-19-9-7-13)12-4-5-14(17)15(10-12)18-3/h4-5,10-11,13,17H,6-9H2,1-3H3. The van der Waals surface area contributed by atoms with E-state index in [1.165, 1.54) is 0 Å². The molecule has 0 saturated carbocycles. The highest BCUT2D eigenvalue weighted by Crippen LogP contribution is 2.32. The van der Waals surface area contributed by atoms with E-state index in [4.69, 9.17) is 9.47 Å². The lowest BCUT2D eigenvalue weighted by molar-refractivity contribution is 0.0308. The summed E-state index contributed by atoms with van der Waals surface area (Å²) in [5, 5.41) is 9.65. The van der Waals surface area contributed by atoms with Crippen LogP contribution in [0, 0.1) is 0 Å². The molecule has 0 spiro atoms. The van der Waals surface area contributed by atoms with Gasteiger partial charge in [-0.2, -0.15) is 0 Å². The summed E-state index contributed by atoms with van der Waals surface area (Å²) >= 11 is 0. The van der Waals surface area contributed by atoms with Gasteiger partial charge in [0, 0.05) is 25.3 Å². The molecule has 0 aliphatic carbocycles. The number of nitrogens with zero attached hydrogens (tertiary/aromatic N) is 1. The van der Waals surface area contributed by atoms with Gasteiger partial charge in [0.25, 0.3) is 0 Å². The molecular weight excluding hydrogens is 242 g/mol. The topological polar surface area (TPSA) is 41.9 Å². The van der Waals surface area contributed by atoms with E-state index in [1.807, 2.05) is 12.1 Å². The molecule has 0 aromatic heterocycles. The van der Waals surface area contributed by atoms with E-state index in [2.05, 4.69) is 18.9 Å². The zero-order valence-corrected chi connectivity index (χ0v) is 11.9. The van der Waals surface area contributed by atoms with Gasteiger partial charge in [0.1, 0.15) is 0 Å². The Bertz CT molecular complexity index is 416. The van der Waals surface area contributed by atoms with E-state index in [0.29, 0.717) is 11.8 Å². The minimum Gasteiger partial charge on any atom is -0.504 e. The predicted molar refractivity (Wildman–Crippen MR) is 74.7 cm³/mol. The van der Waals surface area contributed by atoms with Crippen LogP contribution in [0.1, 0.15) is 31.4 Å². The third-order valence-electron chi connectivity index (χ3n) is 4.06. The average Bonchev–Trinajstić information content (AvgIpc) is 2.47. The Morgan fingerprint density at radius 3 is 2.68 bits per heavy atom. The van der Waals surface area contributed by atoms with Crippen LogP contribution >= 0.6 is 0 Å². The molecule has 1 N–H and O–H groups in total. The second-order valence-electron chi connectivity index (χ2n) is 5.12. The van der Waals surface area contributed by atoms with Gasteiger partial charge in [-0.3, -0.25) is 4.90 Å². The fourth-order valence-electron chi connectivity index (χ4n) is 2.60. The number of benzene rings is 1. The lowest BCUT2D eigenvalue weighted by Gasteiger charge is -2.35. The van der Waals surface area contributed by atoms with Crippen molar-refractivity contribution < 1.29 is 14.6 Å². The average molecular weight is 265 g/mol. The summed E-state index contributed by atoms with van der Waals surface area (Å²) < 4.78 is 10.6. The Hall–Kier alpha value is -1.26. The first-order valence-corrected chi connectivity index (χ1v) is 6.80. The van der Waals surface area contributed by atoms with Gasteiger partial charge in [0.2, 0.25) is 0 Å². The Kier molecular flexibility index (Phi) is 4.66. The van der Waals surface area contributed by atoms with Crippen LogP contribution < -0.4 is 4.74 Å². The molecule has 1 saturated heterocycles. The summed E-state index contributed by atoms with van der Waals surface area (Å²) in [6.45, 7) is 3.88. The van der Waals surface area contributed by atoms with E-state index in [-0.39, 0.29) is 11.8 Å². The fraction of sp³-hybridized carbons (Fsp3) is 0.600. The van der Waals surface area contributed by atoms with Gasteiger partial charge in [-0.1, -0.05) is 6.07 Å². The molecule has 1 atom stereocenters. The quantitative estimate of drug-likeness (QED) is 0.908. The zero-order chi connectivity index (χ0) is 13.8. The molecule has 1 aliphatic heterocycles. The van der Waals surface area contributed by atoms with Crippen molar-refractivity contribution in [2.45, 2.75) is 31.8 Å². The predicted octanol–water partition coefficient (Wildman–Crippen LogP) is 2.57. The highest BCUT2D eigenvalue weighted by molar-refractivity contribution is 5.42. The van der Waals surface area contributed by atoms with Gasteiger partial charge < -0.3 is 14.6 Å². The summed E-state index contributed by atoms with van der Waals surface area (Å²) in [6, 6.07) is 6.41. The summed E-state index contributed by atoms with van der Waals surface area (Å²) in [6.07, 6.45) is 2.16. The van der Waals surface area contributed by atoms with Crippen LogP contribution in [0.15, 0.2) is 18.2 Å². The first-order chi connectivity index (χ1) is 9.13. The van der Waals surface area contributed by atoms with E-state index >= 15 is 0 Å². The second-order valence-corrected chi connectivity index (χ2v) is 5.12. The van der Waals surface area contributed by atoms with Crippen molar-refractivity contribution in [3.63, 3.8) is 0 Å². The summed E-state index contributed by atoms with van der Waals surface area (Å²) in [5.74, 6) is 0.719. The molecule has 1 heterocycles. The van der Waals surface area contributed by atoms with Crippen molar-refractivity contribution in [3.05, 3.63) is 23.8 Å². The summed E-state index contributed by atoms with van der Waals surface area (Å²) in [4.78, 5) is 2.38. The molecule has 106 valence electrons. The van der Waals surface area contributed by atoms with Crippen LogP contribution in [0.25, 0.3) is 0 Å². The maximum absolute atomic E-state index is 9.65. The molecule has 0 radical (unpaired) electrons. The SMILES string of the molecule is COc1cc(C(C)N(C)C2CCOCC2)ccc1O. The Morgan fingerprint density at radius 1 is 1.37 bits per heavy atom. The number of hydrogen-bond donors (Lipinski definition) is 1. The van der Waals surface area contributed by atoms with Gasteiger partial charge in [-0.15, -0.1) is 0 Å². The van der Waals surface area contributed by atoms with Crippen molar-refractivity contribution in [1.29, 1.82) is 0 Å². The summed E-state index contributed by atoms with van der Waals surface area (Å²) in [7, 11) is 3.73. The third-order valence-corrected chi connectivity index (χ3v) is 4.06. The van der Waals surface area contributed by atoms with Crippen LogP contribution in [-0.2, 0) is 4.74 Å². The lowest BCUT2D eigenvalue weighted by atomic mass is 10.0. The molecule has 19 heavy (non-hydrogen) atoms. The normalized spacial score (nSPS) is 18.5. The monoisotopic (exact) mass is 265 g/mol. The molecule has 0 amide bonds. The highest BCUT2D eigenvalue weighted by atomic mass is 16.5. The Morgan fingerprint density at radius 2 is 2.05 bits per heavy atom. The van der Waals surface area contributed by atoms with Gasteiger partial charge in [0.05, 0.1) is 7.11 Å². The maximum Gasteiger partial charge on any atom is 0.160 e. The van der Waals surface area contributed by atoms with E-state index in [9.17, 15) is 5.11 Å². The van der Waals surface area contributed by atoms with Gasteiger partial charge >= 0.3 is 0 Å². The van der Waals surface area contributed by atoms with Crippen molar-refractivity contribution in [3.8, 4) is 11.5 Å². The van der Waals surface area contributed by atoms with E-state index < -0.39 is 0 Å². The molecule has 1 aliphatic rings. The van der Waals surface area contributed by atoms with Crippen molar-refractivity contribution in [2.75, 3.05) is 27.4 Å². The van der Waals surface area contributed by atoms with E-state index in [1.54, 1.807) is 13.2 Å². The smallest absolute Gasteiger partial charge is 0.160 e. The number of rotatable bonds is 4. The van der Waals surface area contributed by atoms with Crippen molar-refractivity contribution in [2.24, 2.45) is 0 Å². The Labute approximate surface area is 114 Å². The number of aromatic hydroxyl groups is 1. The van der Waals surface area contributed by atoms with Gasteiger partial charge in [-0.05, 0) is 44.5 Å². The highest BCUT2D eigenvalue weighted by Gasteiger charge is 2.23. The third kappa shape index (κ3) is 3.19. The molecule has 1 aromatic rings. The first-order valence-electron chi connectivity index (χ1n) is 6.80. The first kappa shape index (κ1) is 14.2. The Balaban J connectivity index is 2.11. The number of methoxy groups -OCH3 is 1. The van der Waals surface area contributed by atoms with Gasteiger partial charge in [-0.25, -0.2) is 0 Å². The van der Waals surface area contributed by atoms with Crippen LogP contribution in [0.3, 0.4) is 0 Å². The van der Waals surface area contributed by atoms with Crippen LogP contribution in [0.2, 0.25) is 0 Å². The van der Waals surface area contributed by atoms with Crippen LogP contribution in [0.4, 0.5) is 0 Å². The molecule has 2 rings (SSSR count). The van der Waals surface area contributed by atoms with E-state index in [0.717, 1.165) is 31.6 Å². The summed E-state index contributed by atoms with van der Waals surface area (Å²) in [5.41, 5.74) is 1.16. The van der Waals surface area contributed by atoms with Crippen molar-refractivity contribution in [1.82, 2.24) is 4.90 Å². The second kappa shape index (κ2) is 6.26. The number of hydrogen-bond acceptors (Lipinski definition) is 4. The van der Waals surface area contributed by atoms with Crippen LogP contribution in [0.5, 0.6) is 11.5 Å². The lowest BCUT2D eigenvalue weighted by Crippen LogP contribution is -2.38. The number of ether oxygens (including phenoxy) is 2. The minimum atomic E-state index is 0.187. The molecule has 0 bridgehead atoms. The molecule has 1 fully saturated rings. The van der Waals surface area contributed by atoms with Crippen molar-refractivity contribution >= 4 is 0 Å². The molecule has 4 nitrogen and oxygen atoms in total. The maximum atomic E-state index is 9.65. The van der Waals surface area contributed by atoms with Crippen LogP contribution in [-0.4, -0.2) is 43.4 Å². The zero-order valence-electron chi connectivity index (χ0n) is 11.9. The largest absolute Gasteiger partial charge is 0.504 e. The number of phenols is 1. The molecule has 1 aromatic carbocycles. The van der Waals surface area contributed by atoms with Gasteiger partial charge in [0.15, 0.2) is 11.5 Å². The fourth-order valence-corrected chi connectivity index (χ4v) is 2.60. The number of phenolic OH excluding ortho intramolecular Hbond substituents is 1. The molecular formula is C15H23NO3.